The van der Waals surface area contributed by atoms with E-state index in [-0.39, 0.29) is 17.7 Å². The first-order chi connectivity index (χ1) is 10.1. The quantitative estimate of drug-likeness (QED) is 0.879. The van der Waals surface area contributed by atoms with Crippen LogP contribution < -0.4 is 0 Å². The van der Waals surface area contributed by atoms with Gasteiger partial charge in [-0.2, -0.15) is 0 Å². The molecule has 0 aliphatic carbocycles. The molecule has 2 aromatic carbocycles. The summed E-state index contributed by atoms with van der Waals surface area (Å²) in [6, 6.07) is 12.2. The minimum Gasteiger partial charge on any atom is -0.387 e. The fourth-order valence-electron chi connectivity index (χ4n) is 2.38. The Balaban J connectivity index is 1.85. The van der Waals surface area contributed by atoms with Crippen LogP contribution >= 0.6 is 0 Å². The van der Waals surface area contributed by atoms with Gasteiger partial charge in [-0.15, -0.1) is 0 Å². The smallest absolute Gasteiger partial charge is 0.261 e. The van der Waals surface area contributed by atoms with Crippen molar-refractivity contribution in [1.82, 2.24) is 4.90 Å². The summed E-state index contributed by atoms with van der Waals surface area (Å²) in [6.45, 7) is -0.155. The third kappa shape index (κ3) is 2.32. The number of β-amino-alcohol motifs (C(OH)–C–C–N with tert-alkyl or cyclic N) is 1. The van der Waals surface area contributed by atoms with E-state index < -0.39 is 23.7 Å². The van der Waals surface area contributed by atoms with Crippen LogP contribution in [-0.2, 0) is 0 Å². The molecule has 0 bridgehead atoms. The average molecular weight is 285 g/mol. The number of fused-ring (bicyclic) bond motifs is 1. The number of aliphatic hydroxyl groups excluding tert-OH is 1. The van der Waals surface area contributed by atoms with Crippen LogP contribution in [0, 0.1) is 5.82 Å². The predicted molar refractivity (Wildman–Crippen MR) is 73.2 cm³/mol. The van der Waals surface area contributed by atoms with Gasteiger partial charge in [0.1, 0.15) is 5.82 Å². The molecular weight excluding hydrogens is 273 g/mol. The largest absolute Gasteiger partial charge is 0.387 e. The summed E-state index contributed by atoms with van der Waals surface area (Å²) in [4.78, 5) is 25.3. The third-order valence-corrected chi connectivity index (χ3v) is 3.47. The Bertz CT molecular complexity index is 715. The maximum absolute atomic E-state index is 13.2. The van der Waals surface area contributed by atoms with E-state index in [0.29, 0.717) is 5.56 Å². The summed E-state index contributed by atoms with van der Waals surface area (Å²) < 4.78 is 13.2. The molecule has 1 atom stereocenters. The van der Waals surface area contributed by atoms with Crippen molar-refractivity contribution < 1.29 is 19.1 Å². The van der Waals surface area contributed by atoms with Crippen molar-refractivity contribution in [3.8, 4) is 0 Å². The molecule has 1 N–H and O–H groups in total. The number of aliphatic hydroxyl groups is 1. The second kappa shape index (κ2) is 5.10. The van der Waals surface area contributed by atoms with Gasteiger partial charge < -0.3 is 5.11 Å². The van der Waals surface area contributed by atoms with Gasteiger partial charge in [-0.3, -0.25) is 14.5 Å². The van der Waals surface area contributed by atoms with Crippen molar-refractivity contribution in [2.75, 3.05) is 6.54 Å². The van der Waals surface area contributed by atoms with Gasteiger partial charge in [0.15, 0.2) is 0 Å². The van der Waals surface area contributed by atoms with E-state index in [1.54, 1.807) is 30.3 Å². The van der Waals surface area contributed by atoms with Crippen LogP contribution in [0.4, 0.5) is 4.39 Å². The third-order valence-electron chi connectivity index (χ3n) is 3.47. The van der Waals surface area contributed by atoms with Crippen molar-refractivity contribution in [3.05, 3.63) is 71.0 Å². The highest BCUT2D eigenvalue weighted by atomic mass is 19.1. The molecule has 0 aromatic heterocycles. The van der Waals surface area contributed by atoms with Gasteiger partial charge in [0, 0.05) is 0 Å². The Morgan fingerprint density at radius 3 is 2.38 bits per heavy atom. The fourth-order valence-corrected chi connectivity index (χ4v) is 2.38. The van der Waals surface area contributed by atoms with Gasteiger partial charge in [0.05, 0.1) is 23.8 Å². The summed E-state index contributed by atoms with van der Waals surface area (Å²) >= 11 is 0. The molecule has 1 aliphatic heterocycles. The van der Waals surface area contributed by atoms with E-state index in [0.717, 1.165) is 17.0 Å². The summed E-state index contributed by atoms with van der Waals surface area (Å²) in [5, 5.41) is 10.1. The summed E-state index contributed by atoms with van der Waals surface area (Å²) in [6.07, 6.45) is -0.974. The second-order valence-electron chi connectivity index (χ2n) is 4.84. The molecule has 1 heterocycles. The zero-order valence-corrected chi connectivity index (χ0v) is 11.0. The normalized spacial score (nSPS) is 15.2. The highest BCUT2D eigenvalue weighted by Crippen LogP contribution is 2.26. The molecule has 0 saturated carbocycles. The van der Waals surface area contributed by atoms with E-state index >= 15 is 0 Å². The first kappa shape index (κ1) is 13.5. The lowest BCUT2D eigenvalue weighted by Crippen LogP contribution is -2.33. The molecular formula is C16H12FNO3. The van der Waals surface area contributed by atoms with E-state index in [1.807, 2.05) is 0 Å². The summed E-state index contributed by atoms with van der Waals surface area (Å²) in [5.41, 5.74) is 0.821. The van der Waals surface area contributed by atoms with Crippen molar-refractivity contribution in [2.24, 2.45) is 0 Å². The number of carbonyl (C=O) groups is 2. The van der Waals surface area contributed by atoms with E-state index in [4.69, 9.17) is 0 Å². The van der Waals surface area contributed by atoms with Crippen LogP contribution in [0.2, 0.25) is 0 Å². The Hall–Kier alpha value is -2.53. The van der Waals surface area contributed by atoms with Crippen LogP contribution in [0.5, 0.6) is 0 Å². The lowest BCUT2D eigenvalue weighted by molar-refractivity contribution is 0.0543. The lowest BCUT2D eigenvalue weighted by atomic mass is 10.1. The van der Waals surface area contributed by atoms with Gasteiger partial charge in [-0.1, -0.05) is 30.3 Å². The number of nitrogens with zero attached hydrogens (tertiary/aromatic N) is 1. The van der Waals surface area contributed by atoms with Gasteiger partial charge in [0.2, 0.25) is 0 Å². The Morgan fingerprint density at radius 1 is 1.00 bits per heavy atom. The fraction of sp³-hybridized carbons (Fsp3) is 0.125. The first-order valence-electron chi connectivity index (χ1n) is 6.46. The lowest BCUT2D eigenvalue weighted by Gasteiger charge is -2.18. The zero-order chi connectivity index (χ0) is 15.0. The van der Waals surface area contributed by atoms with Crippen molar-refractivity contribution >= 4 is 11.8 Å². The number of benzene rings is 2. The van der Waals surface area contributed by atoms with E-state index in [2.05, 4.69) is 0 Å². The van der Waals surface area contributed by atoms with Crippen LogP contribution in [0.3, 0.4) is 0 Å². The average Bonchev–Trinajstić information content (AvgIpc) is 2.73. The van der Waals surface area contributed by atoms with Crippen LogP contribution in [0.15, 0.2) is 48.5 Å². The molecule has 21 heavy (non-hydrogen) atoms. The van der Waals surface area contributed by atoms with E-state index in [9.17, 15) is 19.1 Å². The molecule has 2 amide bonds. The van der Waals surface area contributed by atoms with Crippen molar-refractivity contribution in [2.45, 2.75) is 6.10 Å². The molecule has 1 unspecified atom stereocenters. The highest BCUT2D eigenvalue weighted by Gasteiger charge is 2.36. The number of halogens is 1. The van der Waals surface area contributed by atoms with Gasteiger partial charge in [-0.25, -0.2) is 4.39 Å². The van der Waals surface area contributed by atoms with Gasteiger partial charge in [-0.05, 0) is 23.8 Å². The number of imide groups is 1. The molecule has 0 saturated heterocycles. The molecule has 0 spiro atoms. The Kier molecular flexibility index (Phi) is 3.27. The molecule has 106 valence electrons. The van der Waals surface area contributed by atoms with Crippen LogP contribution in [0.25, 0.3) is 0 Å². The molecule has 5 heteroatoms. The number of hydrogen-bond donors (Lipinski definition) is 1. The topological polar surface area (TPSA) is 57.6 Å². The maximum atomic E-state index is 13.2. The summed E-state index contributed by atoms with van der Waals surface area (Å²) in [5.74, 6) is -1.66. The minimum atomic E-state index is -0.974. The second-order valence-corrected chi connectivity index (χ2v) is 4.84. The minimum absolute atomic E-state index is 0.0419. The van der Waals surface area contributed by atoms with Crippen LogP contribution in [-0.4, -0.2) is 28.4 Å². The number of amides is 2. The molecule has 0 fully saturated rings. The van der Waals surface area contributed by atoms with Crippen molar-refractivity contribution in [3.63, 3.8) is 0 Å². The first-order valence-corrected chi connectivity index (χ1v) is 6.46. The number of carbonyl (C=O) groups excluding carboxylic acids is 2. The molecule has 2 aromatic rings. The Morgan fingerprint density at radius 2 is 1.67 bits per heavy atom. The SMILES string of the molecule is O=C1c2ccc(F)cc2C(=O)N1CC(O)c1ccccc1. The maximum Gasteiger partial charge on any atom is 0.261 e. The molecule has 4 nitrogen and oxygen atoms in total. The summed E-state index contributed by atoms with van der Waals surface area (Å²) in [7, 11) is 0. The zero-order valence-electron chi connectivity index (χ0n) is 11.0. The molecule has 3 rings (SSSR count). The van der Waals surface area contributed by atoms with Gasteiger partial charge in [0.25, 0.3) is 11.8 Å². The molecule has 0 radical (unpaired) electrons. The number of hydrogen-bond acceptors (Lipinski definition) is 3. The van der Waals surface area contributed by atoms with Crippen molar-refractivity contribution in [1.29, 1.82) is 0 Å². The van der Waals surface area contributed by atoms with Gasteiger partial charge >= 0.3 is 0 Å². The highest BCUT2D eigenvalue weighted by molar-refractivity contribution is 6.21. The number of rotatable bonds is 3. The monoisotopic (exact) mass is 285 g/mol. The Labute approximate surface area is 120 Å². The molecule has 1 aliphatic rings. The predicted octanol–water partition coefficient (Wildman–Crippen LogP) is 2.16. The standard InChI is InChI=1S/C16H12FNO3/c17-11-6-7-12-13(8-11)16(21)18(15(12)20)9-14(19)10-4-2-1-3-5-10/h1-8,14,19H,9H2. The van der Waals surface area contributed by atoms with Crippen LogP contribution in [0.1, 0.15) is 32.4 Å². The van der Waals surface area contributed by atoms with E-state index in [1.165, 1.54) is 6.07 Å².